The van der Waals surface area contributed by atoms with E-state index in [0.29, 0.717) is 6.42 Å². The number of hydrogen-bond donors (Lipinski definition) is 1. The largest absolute Gasteiger partial charge is 0.324 e. The van der Waals surface area contributed by atoms with Crippen LogP contribution in [0, 0.1) is 5.82 Å². The summed E-state index contributed by atoms with van der Waals surface area (Å²) in [7, 11) is 0. The minimum Gasteiger partial charge on any atom is -0.324 e. The van der Waals surface area contributed by atoms with E-state index in [-0.39, 0.29) is 17.4 Å². The van der Waals surface area contributed by atoms with Crippen molar-refractivity contribution in [2.45, 2.75) is 52.4 Å². The SMILES string of the molecule is CCCCCCC(=O)Nc1ccc(CC)cc1F. The first-order chi connectivity index (χ1) is 8.67. The number of aryl methyl sites for hydroxylation is 1. The third-order valence-electron chi connectivity index (χ3n) is 2.97. The third kappa shape index (κ3) is 4.86. The molecule has 0 radical (unpaired) electrons. The molecular formula is C15H22FNO. The Labute approximate surface area is 109 Å². The van der Waals surface area contributed by atoms with Crippen LogP contribution in [0.15, 0.2) is 18.2 Å². The number of unbranched alkanes of at least 4 members (excludes halogenated alkanes) is 3. The van der Waals surface area contributed by atoms with Gasteiger partial charge in [-0.1, -0.05) is 39.2 Å². The zero-order valence-electron chi connectivity index (χ0n) is 11.3. The zero-order chi connectivity index (χ0) is 13.4. The molecule has 0 bridgehead atoms. The van der Waals surface area contributed by atoms with E-state index < -0.39 is 0 Å². The average molecular weight is 251 g/mol. The Morgan fingerprint density at radius 2 is 2.00 bits per heavy atom. The normalized spacial score (nSPS) is 10.4. The van der Waals surface area contributed by atoms with Crippen LogP contribution in [-0.4, -0.2) is 5.91 Å². The molecule has 0 aliphatic heterocycles. The maximum absolute atomic E-state index is 13.6. The molecule has 0 saturated carbocycles. The third-order valence-corrected chi connectivity index (χ3v) is 2.97. The van der Waals surface area contributed by atoms with Crippen molar-refractivity contribution < 1.29 is 9.18 Å². The van der Waals surface area contributed by atoms with Crippen LogP contribution in [0.2, 0.25) is 0 Å². The molecule has 0 unspecified atom stereocenters. The Morgan fingerprint density at radius 3 is 2.61 bits per heavy atom. The summed E-state index contributed by atoms with van der Waals surface area (Å²) in [5.74, 6) is -0.453. The van der Waals surface area contributed by atoms with Crippen molar-refractivity contribution in [3.63, 3.8) is 0 Å². The van der Waals surface area contributed by atoms with E-state index in [9.17, 15) is 9.18 Å². The first kappa shape index (κ1) is 14.7. The highest BCUT2D eigenvalue weighted by molar-refractivity contribution is 5.90. The van der Waals surface area contributed by atoms with Crippen LogP contribution in [0.25, 0.3) is 0 Å². The van der Waals surface area contributed by atoms with Crippen molar-refractivity contribution in [3.05, 3.63) is 29.6 Å². The van der Waals surface area contributed by atoms with E-state index in [0.717, 1.165) is 37.7 Å². The Balaban J connectivity index is 2.44. The summed E-state index contributed by atoms with van der Waals surface area (Å²) >= 11 is 0. The molecule has 0 aliphatic rings. The fraction of sp³-hybridized carbons (Fsp3) is 0.533. The molecule has 1 rings (SSSR count). The number of rotatable bonds is 7. The van der Waals surface area contributed by atoms with E-state index >= 15 is 0 Å². The van der Waals surface area contributed by atoms with Crippen LogP contribution in [0.4, 0.5) is 10.1 Å². The minimum atomic E-state index is -0.351. The Kier molecular flexibility index (Phi) is 6.40. The van der Waals surface area contributed by atoms with Gasteiger partial charge in [-0.2, -0.15) is 0 Å². The number of carbonyl (C=O) groups excluding carboxylic acids is 1. The van der Waals surface area contributed by atoms with Gasteiger partial charge in [0.15, 0.2) is 0 Å². The van der Waals surface area contributed by atoms with Crippen LogP contribution < -0.4 is 5.32 Å². The van der Waals surface area contributed by atoms with Gasteiger partial charge in [-0.25, -0.2) is 4.39 Å². The number of nitrogens with one attached hydrogen (secondary N) is 1. The van der Waals surface area contributed by atoms with Gasteiger partial charge in [0.1, 0.15) is 5.82 Å². The molecule has 0 fully saturated rings. The molecule has 0 saturated heterocycles. The topological polar surface area (TPSA) is 29.1 Å². The molecule has 1 amide bonds. The molecule has 0 aromatic heterocycles. The molecule has 0 atom stereocenters. The van der Waals surface area contributed by atoms with Crippen molar-refractivity contribution >= 4 is 11.6 Å². The van der Waals surface area contributed by atoms with Gasteiger partial charge in [-0.05, 0) is 30.5 Å². The summed E-state index contributed by atoms with van der Waals surface area (Å²) in [6.07, 6.45) is 5.48. The molecule has 3 heteroatoms. The van der Waals surface area contributed by atoms with Crippen molar-refractivity contribution in [2.24, 2.45) is 0 Å². The second kappa shape index (κ2) is 7.85. The summed E-state index contributed by atoms with van der Waals surface area (Å²) in [5, 5.41) is 2.62. The lowest BCUT2D eigenvalue weighted by Gasteiger charge is -2.07. The predicted octanol–water partition coefficient (Wildman–Crippen LogP) is 4.30. The Morgan fingerprint density at radius 1 is 1.22 bits per heavy atom. The van der Waals surface area contributed by atoms with Crippen LogP contribution in [0.1, 0.15) is 51.5 Å². The van der Waals surface area contributed by atoms with Gasteiger partial charge < -0.3 is 5.32 Å². The Bertz CT molecular complexity index is 390. The number of benzene rings is 1. The van der Waals surface area contributed by atoms with Gasteiger partial charge in [-0.3, -0.25) is 4.79 Å². The van der Waals surface area contributed by atoms with Gasteiger partial charge >= 0.3 is 0 Å². The second-order valence-electron chi connectivity index (χ2n) is 4.53. The van der Waals surface area contributed by atoms with Crippen molar-refractivity contribution in [1.82, 2.24) is 0 Å². The molecule has 2 nitrogen and oxygen atoms in total. The second-order valence-corrected chi connectivity index (χ2v) is 4.53. The summed E-state index contributed by atoms with van der Waals surface area (Å²) in [5.41, 5.74) is 1.22. The number of hydrogen-bond acceptors (Lipinski definition) is 1. The van der Waals surface area contributed by atoms with E-state index in [1.54, 1.807) is 6.07 Å². The molecule has 0 aliphatic carbocycles. The van der Waals surface area contributed by atoms with Gasteiger partial charge in [0.2, 0.25) is 5.91 Å². The van der Waals surface area contributed by atoms with Crippen molar-refractivity contribution in [2.75, 3.05) is 5.32 Å². The zero-order valence-corrected chi connectivity index (χ0v) is 11.3. The summed E-state index contributed by atoms with van der Waals surface area (Å²) < 4.78 is 13.6. The van der Waals surface area contributed by atoms with E-state index in [1.807, 2.05) is 13.0 Å². The minimum absolute atomic E-state index is 0.103. The number of carbonyl (C=O) groups is 1. The Hall–Kier alpha value is -1.38. The molecule has 1 aromatic carbocycles. The van der Waals surface area contributed by atoms with Crippen LogP contribution >= 0.6 is 0 Å². The van der Waals surface area contributed by atoms with E-state index in [4.69, 9.17) is 0 Å². The molecule has 1 aromatic rings. The smallest absolute Gasteiger partial charge is 0.224 e. The van der Waals surface area contributed by atoms with Gasteiger partial charge in [0.05, 0.1) is 5.69 Å². The quantitative estimate of drug-likeness (QED) is 0.719. The summed E-state index contributed by atoms with van der Waals surface area (Å²) in [6, 6.07) is 4.96. The summed E-state index contributed by atoms with van der Waals surface area (Å²) in [6.45, 7) is 4.10. The van der Waals surface area contributed by atoms with Crippen LogP contribution in [0.3, 0.4) is 0 Å². The van der Waals surface area contributed by atoms with Crippen LogP contribution in [-0.2, 0) is 11.2 Å². The molecule has 0 spiro atoms. The fourth-order valence-electron chi connectivity index (χ4n) is 1.80. The first-order valence-electron chi connectivity index (χ1n) is 6.75. The van der Waals surface area contributed by atoms with E-state index in [1.165, 1.54) is 6.07 Å². The number of amides is 1. The molecular weight excluding hydrogens is 229 g/mol. The standard InChI is InChI=1S/C15H22FNO/c1-3-5-6-7-8-15(18)17-14-10-9-12(4-2)11-13(14)16/h9-11H,3-8H2,1-2H3,(H,17,18). The molecule has 18 heavy (non-hydrogen) atoms. The number of anilines is 1. The maximum Gasteiger partial charge on any atom is 0.224 e. The highest BCUT2D eigenvalue weighted by Crippen LogP contribution is 2.16. The van der Waals surface area contributed by atoms with E-state index in [2.05, 4.69) is 12.2 Å². The fourth-order valence-corrected chi connectivity index (χ4v) is 1.80. The van der Waals surface area contributed by atoms with Gasteiger partial charge in [-0.15, -0.1) is 0 Å². The monoisotopic (exact) mass is 251 g/mol. The lowest BCUT2D eigenvalue weighted by molar-refractivity contribution is -0.116. The summed E-state index contributed by atoms with van der Waals surface area (Å²) in [4.78, 5) is 11.6. The lowest BCUT2D eigenvalue weighted by atomic mass is 10.1. The maximum atomic E-state index is 13.6. The highest BCUT2D eigenvalue weighted by Gasteiger charge is 2.07. The average Bonchev–Trinajstić information content (AvgIpc) is 2.37. The van der Waals surface area contributed by atoms with Crippen molar-refractivity contribution in [3.8, 4) is 0 Å². The van der Waals surface area contributed by atoms with Gasteiger partial charge in [0.25, 0.3) is 0 Å². The lowest BCUT2D eigenvalue weighted by Crippen LogP contribution is -2.12. The van der Waals surface area contributed by atoms with Gasteiger partial charge in [0, 0.05) is 6.42 Å². The highest BCUT2D eigenvalue weighted by atomic mass is 19.1. The van der Waals surface area contributed by atoms with Crippen LogP contribution in [0.5, 0.6) is 0 Å². The molecule has 1 N–H and O–H groups in total. The molecule has 100 valence electrons. The molecule has 0 heterocycles. The predicted molar refractivity (Wildman–Crippen MR) is 73.2 cm³/mol. The number of halogens is 1. The van der Waals surface area contributed by atoms with Crippen molar-refractivity contribution in [1.29, 1.82) is 0 Å². The first-order valence-corrected chi connectivity index (χ1v) is 6.75.